The van der Waals surface area contributed by atoms with Gasteiger partial charge in [-0.1, -0.05) is 0 Å². The predicted molar refractivity (Wildman–Crippen MR) is 45.1 cm³/mol. The summed E-state index contributed by atoms with van der Waals surface area (Å²) >= 11 is 0. The molecule has 4 nitrogen and oxygen atoms in total. The molecule has 1 atom stereocenters. The van der Waals surface area contributed by atoms with Crippen LogP contribution in [0.5, 0.6) is 0 Å². The van der Waals surface area contributed by atoms with Crippen molar-refractivity contribution in [2.45, 2.75) is 32.3 Å². The van der Waals surface area contributed by atoms with E-state index < -0.39 is 11.6 Å². The lowest BCUT2D eigenvalue weighted by atomic mass is 9.99. The van der Waals surface area contributed by atoms with Crippen LogP contribution in [0.1, 0.15) is 26.7 Å². The van der Waals surface area contributed by atoms with E-state index in [2.05, 4.69) is 0 Å². The van der Waals surface area contributed by atoms with E-state index in [-0.39, 0.29) is 12.4 Å². The number of rotatable bonds is 3. The van der Waals surface area contributed by atoms with Crippen LogP contribution in [0.2, 0.25) is 0 Å². The van der Waals surface area contributed by atoms with Crippen LogP contribution in [-0.4, -0.2) is 22.6 Å². The van der Waals surface area contributed by atoms with Crippen molar-refractivity contribution in [3.05, 3.63) is 11.6 Å². The number of esters is 1. The number of hydrogen-bond acceptors (Lipinski definition) is 3. The molecule has 1 N–H and O–H groups in total. The molecule has 0 aromatic heterocycles. The van der Waals surface area contributed by atoms with E-state index in [0.717, 1.165) is 0 Å². The molecule has 1 aliphatic heterocycles. The van der Waals surface area contributed by atoms with Crippen molar-refractivity contribution in [2.75, 3.05) is 0 Å². The van der Waals surface area contributed by atoms with Gasteiger partial charge in [0.05, 0.1) is 0 Å². The average Bonchev–Trinajstić information content (AvgIpc) is 2.24. The van der Waals surface area contributed by atoms with Crippen LogP contribution in [0.25, 0.3) is 0 Å². The molecule has 0 aromatic carbocycles. The normalized spacial score (nSPS) is 26.9. The Kier molecular flexibility index (Phi) is 2.40. The lowest BCUT2D eigenvalue weighted by Crippen LogP contribution is -2.24. The molecule has 0 saturated heterocycles. The summed E-state index contributed by atoms with van der Waals surface area (Å²) in [7, 11) is 0. The van der Waals surface area contributed by atoms with Gasteiger partial charge in [0.15, 0.2) is 0 Å². The Morgan fingerprint density at radius 2 is 2.31 bits per heavy atom. The van der Waals surface area contributed by atoms with Gasteiger partial charge in [0.25, 0.3) is 0 Å². The third-order valence-corrected chi connectivity index (χ3v) is 2.00. The molecular formula is C9H12O4. The van der Waals surface area contributed by atoms with E-state index in [1.54, 1.807) is 19.9 Å². The van der Waals surface area contributed by atoms with Gasteiger partial charge < -0.3 is 9.84 Å². The first kappa shape index (κ1) is 9.77. The van der Waals surface area contributed by atoms with Crippen molar-refractivity contribution < 1.29 is 19.4 Å². The third-order valence-electron chi connectivity index (χ3n) is 2.00. The van der Waals surface area contributed by atoms with E-state index in [9.17, 15) is 9.59 Å². The maximum absolute atomic E-state index is 11.0. The summed E-state index contributed by atoms with van der Waals surface area (Å²) in [6.45, 7) is 3.37. The molecule has 1 aliphatic rings. The highest BCUT2D eigenvalue weighted by atomic mass is 16.6. The molecule has 1 rings (SSSR count). The van der Waals surface area contributed by atoms with Gasteiger partial charge >= 0.3 is 11.9 Å². The summed E-state index contributed by atoms with van der Waals surface area (Å²) in [6, 6.07) is 0. The SMILES string of the molecule is CC1=C[C@](C)(CCC(=O)O)OC1=O. The minimum absolute atomic E-state index is 0.00750. The number of carbonyl (C=O) groups is 2. The van der Waals surface area contributed by atoms with Crippen molar-refractivity contribution in [3.63, 3.8) is 0 Å². The molecule has 4 heteroatoms. The molecular weight excluding hydrogens is 172 g/mol. The van der Waals surface area contributed by atoms with Crippen molar-refractivity contribution in [2.24, 2.45) is 0 Å². The molecule has 72 valence electrons. The molecule has 0 radical (unpaired) electrons. The first-order valence-electron chi connectivity index (χ1n) is 4.07. The second kappa shape index (κ2) is 3.20. The largest absolute Gasteiger partial charge is 0.481 e. The molecule has 0 bridgehead atoms. The summed E-state index contributed by atoms with van der Waals surface area (Å²) in [5.41, 5.74) is -0.174. The monoisotopic (exact) mass is 184 g/mol. The standard InChI is InChI=1S/C9H12O4/c1-6-5-9(2,13-8(6)12)4-3-7(10)11/h5H,3-4H2,1-2H3,(H,10,11)/t9-/m0/s1. The summed E-state index contributed by atoms with van der Waals surface area (Å²) < 4.78 is 5.02. The highest BCUT2D eigenvalue weighted by Crippen LogP contribution is 2.28. The van der Waals surface area contributed by atoms with Gasteiger partial charge in [0.2, 0.25) is 0 Å². The number of aliphatic carboxylic acids is 1. The topological polar surface area (TPSA) is 63.6 Å². The minimum Gasteiger partial charge on any atom is -0.481 e. The van der Waals surface area contributed by atoms with Crippen molar-refractivity contribution in [1.29, 1.82) is 0 Å². The van der Waals surface area contributed by atoms with Gasteiger partial charge in [0, 0.05) is 18.4 Å². The van der Waals surface area contributed by atoms with Crippen LogP contribution in [0.3, 0.4) is 0 Å². The Balaban J connectivity index is 2.60. The maximum atomic E-state index is 11.0. The first-order valence-corrected chi connectivity index (χ1v) is 4.07. The molecule has 0 amide bonds. The van der Waals surface area contributed by atoms with Gasteiger partial charge in [-0.05, 0) is 19.9 Å². The van der Waals surface area contributed by atoms with E-state index in [1.807, 2.05) is 0 Å². The quantitative estimate of drug-likeness (QED) is 0.667. The zero-order valence-corrected chi connectivity index (χ0v) is 7.66. The lowest BCUT2D eigenvalue weighted by molar-refractivity contribution is -0.148. The van der Waals surface area contributed by atoms with Crippen LogP contribution in [0, 0.1) is 0 Å². The van der Waals surface area contributed by atoms with Gasteiger partial charge in [-0.2, -0.15) is 0 Å². The molecule has 0 aliphatic carbocycles. The molecule has 1 heterocycles. The summed E-state index contributed by atoms with van der Waals surface area (Å²) in [6.07, 6.45) is 2.01. The zero-order chi connectivity index (χ0) is 10.1. The zero-order valence-electron chi connectivity index (χ0n) is 7.66. The lowest BCUT2D eigenvalue weighted by Gasteiger charge is -2.19. The number of carboxylic acid groups (broad SMARTS) is 1. The Morgan fingerprint density at radius 3 is 2.69 bits per heavy atom. The summed E-state index contributed by atoms with van der Waals surface area (Å²) in [5.74, 6) is -1.23. The highest BCUT2D eigenvalue weighted by Gasteiger charge is 2.33. The van der Waals surface area contributed by atoms with Gasteiger partial charge in [-0.25, -0.2) is 4.79 Å². The van der Waals surface area contributed by atoms with Crippen molar-refractivity contribution >= 4 is 11.9 Å². The van der Waals surface area contributed by atoms with E-state index in [1.165, 1.54) is 0 Å². The average molecular weight is 184 g/mol. The van der Waals surface area contributed by atoms with E-state index in [4.69, 9.17) is 9.84 Å². The van der Waals surface area contributed by atoms with Crippen LogP contribution < -0.4 is 0 Å². The molecule has 0 saturated carbocycles. The molecule has 0 aromatic rings. The molecule has 13 heavy (non-hydrogen) atoms. The van der Waals surface area contributed by atoms with Crippen LogP contribution in [0.15, 0.2) is 11.6 Å². The fraction of sp³-hybridized carbons (Fsp3) is 0.556. The number of ether oxygens (including phenoxy) is 1. The second-order valence-corrected chi connectivity index (χ2v) is 3.42. The minimum atomic E-state index is -0.879. The van der Waals surface area contributed by atoms with Gasteiger partial charge in [0.1, 0.15) is 5.60 Å². The van der Waals surface area contributed by atoms with Gasteiger partial charge in [-0.15, -0.1) is 0 Å². The molecule has 0 spiro atoms. The van der Waals surface area contributed by atoms with Crippen LogP contribution >= 0.6 is 0 Å². The summed E-state index contributed by atoms with van der Waals surface area (Å²) in [4.78, 5) is 21.3. The second-order valence-electron chi connectivity index (χ2n) is 3.42. The van der Waals surface area contributed by atoms with Crippen LogP contribution in [0.4, 0.5) is 0 Å². The van der Waals surface area contributed by atoms with Crippen molar-refractivity contribution in [1.82, 2.24) is 0 Å². The third kappa shape index (κ3) is 2.31. The Hall–Kier alpha value is -1.32. The smallest absolute Gasteiger partial charge is 0.334 e. The highest BCUT2D eigenvalue weighted by molar-refractivity contribution is 5.90. The van der Waals surface area contributed by atoms with Crippen molar-refractivity contribution in [3.8, 4) is 0 Å². The van der Waals surface area contributed by atoms with Gasteiger partial charge in [-0.3, -0.25) is 4.79 Å². The fourth-order valence-corrected chi connectivity index (χ4v) is 1.32. The Morgan fingerprint density at radius 1 is 1.69 bits per heavy atom. The van der Waals surface area contributed by atoms with E-state index in [0.29, 0.717) is 12.0 Å². The molecule has 0 fully saturated rings. The number of hydrogen-bond donors (Lipinski definition) is 1. The van der Waals surface area contributed by atoms with E-state index >= 15 is 0 Å². The number of cyclic esters (lactones) is 1. The predicted octanol–water partition coefficient (Wildman–Crippen LogP) is 1.11. The number of carbonyl (C=O) groups excluding carboxylic acids is 1. The maximum Gasteiger partial charge on any atom is 0.334 e. The van der Waals surface area contributed by atoms with Crippen LogP contribution in [-0.2, 0) is 14.3 Å². The summed E-state index contributed by atoms with van der Waals surface area (Å²) in [5, 5.41) is 8.46. The molecule has 0 unspecified atom stereocenters. The fourth-order valence-electron chi connectivity index (χ4n) is 1.32. The Labute approximate surface area is 76.2 Å². The first-order chi connectivity index (χ1) is 5.93. The number of carboxylic acids is 1. The Bertz CT molecular complexity index is 279.